The van der Waals surface area contributed by atoms with E-state index in [-0.39, 0.29) is 28.3 Å². The molecule has 0 unspecified atom stereocenters. The Morgan fingerprint density at radius 2 is 0.630 bits per heavy atom. The summed E-state index contributed by atoms with van der Waals surface area (Å²) in [6.45, 7) is 7.89. The molecule has 0 atom stereocenters. The van der Waals surface area contributed by atoms with Crippen LogP contribution in [0.3, 0.4) is 0 Å². The van der Waals surface area contributed by atoms with E-state index < -0.39 is 23.5 Å². The van der Waals surface area contributed by atoms with Crippen molar-refractivity contribution in [3.8, 4) is 66.8 Å². The van der Waals surface area contributed by atoms with Crippen LogP contribution >= 0.6 is 0 Å². The van der Waals surface area contributed by atoms with Gasteiger partial charge in [-0.3, -0.25) is 0 Å². The molecule has 0 spiro atoms. The molecule has 54 heavy (non-hydrogen) atoms. The maximum absolute atomic E-state index is 15.2. The Bertz CT molecular complexity index is 2490. The van der Waals surface area contributed by atoms with Gasteiger partial charge in [-0.25, -0.2) is 0 Å². The van der Waals surface area contributed by atoms with E-state index in [1.54, 1.807) is 24.3 Å². The summed E-state index contributed by atoms with van der Waals surface area (Å²) in [5, 5.41) is 0. The average molecular weight is 727 g/mol. The number of halogens is 6. The molecule has 7 rings (SSSR count). The van der Waals surface area contributed by atoms with Crippen LogP contribution in [-0.4, -0.2) is 0 Å². The summed E-state index contributed by atoms with van der Waals surface area (Å²) >= 11 is 0. The lowest BCUT2D eigenvalue weighted by molar-refractivity contribution is -0.142. The molecule has 0 bridgehead atoms. The molecule has 6 heteroatoms. The highest BCUT2D eigenvalue weighted by Gasteiger charge is 2.41. The lowest BCUT2D eigenvalue weighted by Crippen LogP contribution is -2.14. The van der Waals surface area contributed by atoms with Crippen LogP contribution in [0.4, 0.5) is 26.3 Å². The molecule has 7 aromatic rings. The predicted octanol–water partition coefficient (Wildman–Crippen LogP) is 15.0. The molecule has 0 aromatic heterocycles. The first-order valence-electron chi connectivity index (χ1n) is 17.6. The summed E-state index contributed by atoms with van der Waals surface area (Å²) in [6, 6.07) is 42.1. The summed E-state index contributed by atoms with van der Waals surface area (Å²) in [5.41, 5.74) is 7.09. The highest BCUT2D eigenvalue weighted by Crippen LogP contribution is 2.50. The van der Waals surface area contributed by atoms with E-state index >= 15 is 13.2 Å². The predicted molar refractivity (Wildman–Crippen MR) is 208 cm³/mol. The normalized spacial score (nSPS) is 11.9. The molecule has 0 radical (unpaired) electrons. The monoisotopic (exact) mass is 726 g/mol. The minimum atomic E-state index is -5.10. The van der Waals surface area contributed by atoms with Crippen molar-refractivity contribution in [3.63, 3.8) is 0 Å². The first-order valence-corrected chi connectivity index (χ1v) is 17.6. The standard InChI is InChI=1S/C48H36F6/c1-29-15-11-13-21-35(29)40-27-43(44-25-39(34-19-9-6-10-20-34)45(47(49,50)51)28-46(44)48(52,53)54)41(36-22-14-12-16-30(36)2)26-42(40)38-24-37(31(3)23-32(38)4)33-17-7-5-8-18-33/h5-28H,1-4H3. The zero-order chi connectivity index (χ0) is 38.4. The lowest BCUT2D eigenvalue weighted by Gasteiger charge is -2.25. The minimum Gasteiger partial charge on any atom is -0.166 e. The van der Waals surface area contributed by atoms with Gasteiger partial charge in [-0.1, -0.05) is 115 Å². The number of rotatable bonds is 6. The fourth-order valence-corrected chi connectivity index (χ4v) is 7.46. The Balaban J connectivity index is 1.66. The van der Waals surface area contributed by atoms with E-state index in [2.05, 4.69) is 19.1 Å². The molecule has 0 aliphatic carbocycles. The molecule has 0 nitrogen and oxygen atoms in total. The molecule has 0 aliphatic heterocycles. The third kappa shape index (κ3) is 6.96. The van der Waals surface area contributed by atoms with E-state index in [4.69, 9.17) is 0 Å². The third-order valence-corrected chi connectivity index (χ3v) is 10.1. The summed E-state index contributed by atoms with van der Waals surface area (Å²) in [6.07, 6.45) is -10.1. The fourth-order valence-electron chi connectivity index (χ4n) is 7.46. The van der Waals surface area contributed by atoms with Crippen LogP contribution in [-0.2, 0) is 12.4 Å². The molecule has 0 N–H and O–H groups in total. The first kappa shape index (κ1) is 36.5. The third-order valence-electron chi connectivity index (χ3n) is 10.1. The zero-order valence-corrected chi connectivity index (χ0v) is 30.1. The molecular formula is C48H36F6. The topological polar surface area (TPSA) is 0 Å². The molecule has 0 heterocycles. The van der Waals surface area contributed by atoms with Gasteiger partial charge in [0.1, 0.15) is 0 Å². The lowest BCUT2D eigenvalue weighted by atomic mass is 9.80. The summed E-state index contributed by atoms with van der Waals surface area (Å²) in [4.78, 5) is 0. The molecule has 0 amide bonds. The van der Waals surface area contributed by atoms with Gasteiger partial charge in [0.15, 0.2) is 0 Å². The largest absolute Gasteiger partial charge is 0.417 e. The van der Waals surface area contributed by atoms with Crippen LogP contribution in [0.2, 0.25) is 0 Å². The van der Waals surface area contributed by atoms with E-state index in [1.807, 2.05) is 106 Å². The molecular weight excluding hydrogens is 691 g/mol. The van der Waals surface area contributed by atoms with Gasteiger partial charge >= 0.3 is 12.4 Å². The van der Waals surface area contributed by atoms with E-state index in [0.29, 0.717) is 16.7 Å². The summed E-state index contributed by atoms with van der Waals surface area (Å²) in [7, 11) is 0. The maximum Gasteiger partial charge on any atom is 0.417 e. The Hall–Kier alpha value is -5.88. The van der Waals surface area contributed by atoms with E-state index in [0.717, 1.165) is 56.1 Å². The maximum atomic E-state index is 15.2. The van der Waals surface area contributed by atoms with Gasteiger partial charge < -0.3 is 0 Å². The number of benzene rings is 7. The fraction of sp³-hybridized carbons (Fsp3) is 0.125. The highest BCUT2D eigenvalue weighted by molar-refractivity contribution is 5.99. The number of aryl methyl sites for hydroxylation is 4. The number of hydrogen-bond donors (Lipinski definition) is 0. The Kier molecular flexibility index (Phi) is 9.57. The van der Waals surface area contributed by atoms with E-state index in [1.165, 1.54) is 12.1 Å². The van der Waals surface area contributed by atoms with Crippen LogP contribution < -0.4 is 0 Å². The average Bonchev–Trinajstić information content (AvgIpc) is 3.14. The molecule has 270 valence electrons. The van der Waals surface area contributed by atoms with Gasteiger partial charge in [-0.05, 0) is 147 Å². The van der Waals surface area contributed by atoms with Crippen molar-refractivity contribution in [2.45, 2.75) is 40.0 Å². The summed E-state index contributed by atoms with van der Waals surface area (Å²) < 4.78 is 89.6. The second-order valence-electron chi connectivity index (χ2n) is 13.7. The number of alkyl halides is 6. The van der Waals surface area contributed by atoms with Crippen molar-refractivity contribution in [1.29, 1.82) is 0 Å². The van der Waals surface area contributed by atoms with Crippen molar-refractivity contribution in [1.82, 2.24) is 0 Å². The Labute approximate surface area is 311 Å². The molecule has 0 aliphatic rings. The van der Waals surface area contributed by atoms with Crippen molar-refractivity contribution >= 4 is 0 Å². The van der Waals surface area contributed by atoms with Gasteiger partial charge in [0.2, 0.25) is 0 Å². The van der Waals surface area contributed by atoms with E-state index in [9.17, 15) is 13.2 Å². The van der Waals surface area contributed by atoms with Crippen LogP contribution in [0, 0.1) is 27.7 Å². The number of hydrogen-bond acceptors (Lipinski definition) is 0. The minimum absolute atomic E-state index is 0.164. The molecule has 7 aromatic carbocycles. The first-order chi connectivity index (χ1) is 25.7. The zero-order valence-electron chi connectivity index (χ0n) is 30.1. The van der Waals surface area contributed by atoms with Crippen LogP contribution in [0.15, 0.2) is 146 Å². The van der Waals surface area contributed by atoms with Crippen LogP contribution in [0.5, 0.6) is 0 Å². The Morgan fingerprint density at radius 1 is 0.278 bits per heavy atom. The van der Waals surface area contributed by atoms with Crippen molar-refractivity contribution in [3.05, 3.63) is 179 Å². The van der Waals surface area contributed by atoms with Gasteiger partial charge in [-0.2, -0.15) is 26.3 Å². The summed E-state index contributed by atoms with van der Waals surface area (Å²) in [5.74, 6) is 0. The van der Waals surface area contributed by atoms with Gasteiger partial charge in [0.25, 0.3) is 0 Å². The smallest absolute Gasteiger partial charge is 0.166 e. The highest BCUT2D eigenvalue weighted by atomic mass is 19.4. The van der Waals surface area contributed by atoms with Gasteiger partial charge in [0, 0.05) is 0 Å². The van der Waals surface area contributed by atoms with Crippen molar-refractivity contribution in [2.75, 3.05) is 0 Å². The molecule has 0 saturated heterocycles. The van der Waals surface area contributed by atoms with Gasteiger partial charge in [-0.15, -0.1) is 0 Å². The second-order valence-corrected chi connectivity index (χ2v) is 13.7. The van der Waals surface area contributed by atoms with Crippen molar-refractivity contribution in [2.24, 2.45) is 0 Å². The van der Waals surface area contributed by atoms with Crippen molar-refractivity contribution < 1.29 is 26.3 Å². The van der Waals surface area contributed by atoms with Gasteiger partial charge in [0.05, 0.1) is 11.1 Å². The quantitative estimate of drug-likeness (QED) is 0.150. The molecule has 0 fully saturated rings. The second kappa shape index (κ2) is 14.2. The molecule has 0 saturated carbocycles. The SMILES string of the molecule is Cc1cc(C)c(-c2cc(-c3ccccc3C)c(-c3cc(-c4ccccc4)c(C(F)(F)F)cc3C(F)(F)F)cc2-c2ccccc2C)cc1-c1ccccc1. The van der Waals surface area contributed by atoms with Crippen LogP contribution in [0.25, 0.3) is 66.8 Å². The Morgan fingerprint density at radius 3 is 1.11 bits per heavy atom. The van der Waals surface area contributed by atoms with Crippen LogP contribution in [0.1, 0.15) is 33.4 Å².